The highest BCUT2D eigenvalue weighted by atomic mass is 16.6. The molecule has 0 aliphatic heterocycles. The number of carbonyl (C=O) groups excluding carboxylic acids is 3. The van der Waals surface area contributed by atoms with Crippen LogP contribution in [0.1, 0.15) is 57.9 Å². The predicted molar refractivity (Wildman–Crippen MR) is 231 cm³/mol. The molecular weight excluding hydrogens is 771 g/mol. The first-order chi connectivity index (χ1) is 29.7. The smallest absolute Gasteiger partial charge is 0.349 e. The zero-order chi connectivity index (χ0) is 43.0. The highest BCUT2D eigenvalue weighted by molar-refractivity contribution is 6.12. The third-order valence-corrected chi connectivity index (χ3v) is 9.49. The van der Waals surface area contributed by atoms with Gasteiger partial charge in [-0.15, -0.1) is 0 Å². The Kier molecular flexibility index (Phi) is 14.8. The Labute approximate surface area is 354 Å². The van der Waals surface area contributed by atoms with E-state index in [1.165, 1.54) is 36.4 Å². The number of nitrogens with zero attached hydrogens (tertiary/aromatic N) is 1. The highest BCUT2D eigenvalue weighted by Gasteiger charge is 2.21. The third-order valence-electron chi connectivity index (χ3n) is 9.49. The molecule has 306 valence electrons. The van der Waals surface area contributed by atoms with E-state index in [0.29, 0.717) is 28.9 Å². The molecule has 61 heavy (non-hydrogen) atoms. The zero-order valence-corrected chi connectivity index (χ0v) is 33.5. The minimum Gasteiger partial charge on any atom is -0.507 e. The van der Waals surface area contributed by atoms with Gasteiger partial charge in [-0.25, -0.2) is 4.79 Å². The SMILES string of the molecule is CC(CC(=O)OCCCOc1ccc(C(=O)c2ccc(OCCOC(=O)C(C#N)=C(c3ccccc3)c3ccccc3)cc2O)c(O)c1)=C(c1ccccc1)c1ccccc1. The number of aromatic hydroxyl groups is 2. The zero-order valence-electron chi connectivity index (χ0n) is 33.5. The molecule has 0 aliphatic rings. The summed E-state index contributed by atoms with van der Waals surface area (Å²) in [5.41, 5.74) is 5.43. The quantitative estimate of drug-likeness (QED) is 0.0282. The molecule has 6 aromatic rings. The fraction of sp³-hybridized carbons (Fsp3) is 0.137. The largest absolute Gasteiger partial charge is 0.507 e. The number of nitriles is 1. The van der Waals surface area contributed by atoms with Gasteiger partial charge in [0, 0.05) is 24.1 Å². The van der Waals surface area contributed by atoms with Gasteiger partial charge in [-0.1, -0.05) is 127 Å². The lowest BCUT2D eigenvalue weighted by Crippen LogP contribution is -2.15. The molecule has 0 radical (unpaired) electrons. The van der Waals surface area contributed by atoms with Gasteiger partial charge in [0.05, 0.1) is 30.8 Å². The first kappa shape index (κ1) is 42.7. The van der Waals surface area contributed by atoms with Crippen molar-refractivity contribution in [1.82, 2.24) is 0 Å². The molecule has 0 saturated heterocycles. The Morgan fingerprint density at radius 3 is 1.43 bits per heavy atom. The highest BCUT2D eigenvalue weighted by Crippen LogP contribution is 2.32. The normalized spacial score (nSPS) is 10.4. The molecule has 2 N–H and O–H groups in total. The van der Waals surface area contributed by atoms with Crippen molar-refractivity contribution in [3.63, 3.8) is 0 Å². The van der Waals surface area contributed by atoms with Gasteiger partial charge in [0.15, 0.2) is 5.78 Å². The van der Waals surface area contributed by atoms with E-state index in [0.717, 1.165) is 22.3 Å². The standard InChI is InChI=1S/C51H43NO9/c1-35(48(36-15-6-2-7-16-36)37-17-8-3-9-18-37)31-47(55)60-28-14-27-58-40-23-25-42(45(53)32-40)50(56)43-26-24-41(33-46(43)54)59-29-30-61-51(57)44(34-52)49(38-19-10-4-11-20-38)39-21-12-5-13-22-39/h2-13,15-26,32-33,53-54H,14,27-31H2,1H3. The topological polar surface area (TPSA) is 152 Å². The molecular formula is C51H43NO9. The van der Waals surface area contributed by atoms with Crippen molar-refractivity contribution in [3.8, 4) is 29.1 Å². The number of phenols is 2. The second kappa shape index (κ2) is 21.2. The number of hydrogen-bond donors (Lipinski definition) is 2. The van der Waals surface area contributed by atoms with E-state index in [9.17, 15) is 29.9 Å². The lowest BCUT2D eigenvalue weighted by atomic mass is 9.92. The lowest BCUT2D eigenvalue weighted by Gasteiger charge is -2.14. The molecule has 0 bridgehead atoms. The summed E-state index contributed by atoms with van der Waals surface area (Å²) in [6.07, 6.45) is 0.521. The number of esters is 2. The summed E-state index contributed by atoms with van der Waals surface area (Å²) in [6.45, 7) is 1.95. The van der Waals surface area contributed by atoms with Crippen LogP contribution in [0.5, 0.6) is 23.0 Å². The van der Waals surface area contributed by atoms with Gasteiger partial charge < -0.3 is 29.2 Å². The number of ether oxygens (including phenoxy) is 4. The average molecular weight is 814 g/mol. The molecule has 0 spiro atoms. The molecule has 0 amide bonds. The van der Waals surface area contributed by atoms with Crippen molar-refractivity contribution in [1.29, 1.82) is 5.26 Å². The van der Waals surface area contributed by atoms with Gasteiger partial charge in [-0.05, 0) is 59.0 Å². The molecule has 6 rings (SSSR count). The number of carbonyl (C=O) groups is 3. The lowest BCUT2D eigenvalue weighted by molar-refractivity contribution is -0.143. The van der Waals surface area contributed by atoms with Crippen LogP contribution >= 0.6 is 0 Å². The fourth-order valence-corrected chi connectivity index (χ4v) is 6.63. The van der Waals surface area contributed by atoms with Crippen molar-refractivity contribution in [2.45, 2.75) is 19.8 Å². The Morgan fingerprint density at radius 2 is 0.984 bits per heavy atom. The van der Waals surface area contributed by atoms with Crippen LogP contribution in [-0.4, -0.2) is 54.4 Å². The molecule has 0 unspecified atom stereocenters. The minimum absolute atomic E-state index is 0.0577. The van der Waals surface area contributed by atoms with Crippen LogP contribution in [0.3, 0.4) is 0 Å². The molecule has 0 heterocycles. The summed E-state index contributed by atoms with van der Waals surface area (Å²) >= 11 is 0. The van der Waals surface area contributed by atoms with Gasteiger partial charge in [0.1, 0.15) is 47.9 Å². The molecule has 10 heteroatoms. The van der Waals surface area contributed by atoms with Crippen LogP contribution in [0, 0.1) is 11.3 Å². The fourth-order valence-electron chi connectivity index (χ4n) is 6.63. The van der Waals surface area contributed by atoms with Crippen LogP contribution in [0.4, 0.5) is 0 Å². The van der Waals surface area contributed by atoms with E-state index >= 15 is 0 Å². The number of rotatable bonds is 18. The van der Waals surface area contributed by atoms with Crippen molar-refractivity contribution in [3.05, 3.63) is 202 Å². The van der Waals surface area contributed by atoms with Crippen molar-refractivity contribution in [2.75, 3.05) is 26.4 Å². The maximum Gasteiger partial charge on any atom is 0.349 e. The second-order valence-electron chi connectivity index (χ2n) is 13.8. The van der Waals surface area contributed by atoms with Crippen molar-refractivity contribution >= 4 is 28.9 Å². The molecule has 0 saturated carbocycles. The first-order valence-corrected chi connectivity index (χ1v) is 19.6. The minimum atomic E-state index is -0.814. The summed E-state index contributed by atoms with van der Waals surface area (Å²) in [5.74, 6) is -2.04. The summed E-state index contributed by atoms with van der Waals surface area (Å²) in [6, 6.07) is 48.2. The maximum atomic E-state index is 13.3. The number of benzene rings is 6. The Morgan fingerprint density at radius 1 is 0.541 bits per heavy atom. The molecule has 0 aliphatic carbocycles. The van der Waals surface area contributed by atoms with E-state index in [-0.39, 0.29) is 72.8 Å². The monoisotopic (exact) mass is 813 g/mol. The van der Waals surface area contributed by atoms with Crippen LogP contribution in [0.25, 0.3) is 11.1 Å². The summed E-state index contributed by atoms with van der Waals surface area (Å²) in [4.78, 5) is 39.1. The van der Waals surface area contributed by atoms with Crippen molar-refractivity contribution < 1.29 is 43.5 Å². The van der Waals surface area contributed by atoms with E-state index in [1.807, 2.05) is 134 Å². The van der Waals surface area contributed by atoms with E-state index in [1.54, 1.807) is 0 Å². The molecule has 0 fully saturated rings. The number of phenolic OH excluding ortho intramolecular Hbond substituents is 2. The van der Waals surface area contributed by atoms with Gasteiger partial charge >= 0.3 is 11.9 Å². The average Bonchev–Trinajstić information content (AvgIpc) is 3.28. The summed E-state index contributed by atoms with van der Waals surface area (Å²) < 4.78 is 22.2. The van der Waals surface area contributed by atoms with E-state index in [2.05, 4.69) is 0 Å². The Hall–Kier alpha value is -7.90. The summed E-state index contributed by atoms with van der Waals surface area (Å²) in [7, 11) is 0. The van der Waals surface area contributed by atoms with Crippen LogP contribution in [0.2, 0.25) is 0 Å². The first-order valence-electron chi connectivity index (χ1n) is 19.6. The summed E-state index contributed by atoms with van der Waals surface area (Å²) in [5, 5.41) is 31.4. The van der Waals surface area contributed by atoms with Crippen molar-refractivity contribution in [2.24, 2.45) is 0 Å². The van der Waals surface area contributed by atoms with Gasteiger partial charge in [-0.3, -0.25) is 9.59 Å². The Bertz CT molecular complexity index is 2480. The second-order valence-corrected chi connectivity index (χ2v) is 13.8. The van der Waals surface area contributed by atoms with Gasteiger partial charge in [0.2, 0.25) is 0 Å². The molecule has 6 aromatic carbocycles. The number of ketones is 1. The van der Waals surface area contributed by atoms with Crippen LogP contribution in [0.15, 0.2) is 169 Å². The van der Waals surface area contributed by atoms with Gasteiger partial charge in [0.25, 0.3) is 0 Å². The van der Waals surface area contributed by atoms with Gasteiger partial charge in [-0.2, -0.15) is 5.26 Å². The van der Waals surface area contributed by atoms with Crippen LogP contribution < -0.4 is 9.47 Å². The molecule has 0 aromatic heterocycles. The Balaban J connectivity index is 0.970. The maximum absolute atomic E-state index is 13.3. The third kappa shape index (κ3) is 11.4. The molecule has 10 nitrogen and oxygen atoms in total. The van der Waals surface area contributed by atoms with E-state index in [4.69, 9.17) is 18.9 Å². The van der Waals surface area contributed by atoms with Crippen LogP contribution in [-0.2, 0) is 19.1 Å². The predicted octanol–water partition coefficient (Wildman–Crippen LogP) is 9.50. The van der Waals surface area contributed by atoms with E-state index < -0.39 is 11.8 Å². The molecule has 0 atom stereocenters. The number of hydrogen-bond acceptors (Lipinski definition) is 10.